The van der Waals surface area contributed by atoms with E-state index in [2.05, 4.69) is 4.90 Å². The van der Waals surface area contributed by atoms with E-state index < -0.39 is 0 Å². The summed E-state index contributed by atoms with van der Waals surface area (Å²) in [7, 11) is 0. The molecule has 0 saturated carbocycles. The van der Waals surface area contributed by atoms with Gasteiger partial charge in [0.25, 0.3) is 0 Å². The fraction of sp³-hybridized carbons (Fsp3) is 0.588. The fourth-order valence-corrected chi connectivity index (χ4v) is 2.33. The first-order chi connectivity index (χ1) is 9.25. The van der Waals surface area contributed by atoms with Crippen molar-refractivity contribution < 1.29 is 4.79 Å². The van der Waals surface area contributed by atoms with Crippen molar-refractivity contribution in [2.45, 2.75) is 46.5 Å². The zero-order valence-electron chi connectivity index (χ0n) is 12.6. The molecule has 1 saturated heterocycles. The summed E-state index contributed by atoms with van der Waals surface area (Å²) in [4.78, 5) is 14.4. The van der Waals surface area contributed by atoms with Gasteiger partial charge in [-0.1, -0.05) is 50.1 Å². The van der Waals surface area contributed by atoms with E-state index in [9.17, 15) is 4.79 Å². The lowest BCUT2D eigenvalue weighted by molar-refractivity contribution is 0.0958. The molecule has 0 N–H and O–H groups in total. The van der Waals surface area contributed by atoms with Crippen LogP contribution in [-0.2, 0) is 0 Å². The average Bonchev–Trinajstić information content (AvgIpc) is 2.49. The second-order valence-corrected chi connectivity index (χ2v) is 4.94. The van der Waals surface area contributed by atoms with Gasteiger partial charge in [0.05, 0.1) is 0 Å². The van der Waals surface area contributed by atoms with Crippen LogP contribution in [0.2, 0.25) is 0 Å². The lowest BCUT2D eigenvalue weighted by atomic mass is 10.1. The van der Waals surface area contributed by atoms with E-state index in [-0.39, 0.29) is 5.78 Å². The molecule has 0 aromatic heterocycles. The Kier molecular flexibility index (Phi) is 7.42. The predicted octanol–water partition coefficient (Wildman–Crippen LogP) is 4.08. The van der Waals surface area contributed by atoms with E-state index in [1.165, 1.54) is 37.9 Å². The van der Waals surface area contributed by atoms with E-state index >= 15 is 0 Å². The highest BCUT2D eigenvalue weighted by molar-refractivity contribution is 5.96. The minimum atomic E-state index is 0.274. The maximum atomic E-state index is 12.0. The molecule has 1 heterocycles. The number of piperidine rings is 1. The van der Waals surface area contributed by atoms with Crippen LogP contribution < -0.4 is 0 Å². The summed E-state index contributed by atoms with van der Waals surface area (Å²) in [5, 5.41) is 0. The van der Waals surface area contributed by atoms with Crippen molar-refractivity contribution >= 4 is 5.78 Å². The molecule has 0 radical (unpaired) electrons. The topological polar surface area (TPSA) is 20.3 Å². The highest BCUT2D eigenvalue weighted by atomic mass is 16.1. The SMILES string of the molecule is CC.Cc1ccc(C(=O)CCN2CCCCC2)cc1. The molecule has 1 fully saturated rings. The molecular weight excluding hydrogens is 234 g/mol. The van der Waals surface area contributed by atoms with Gasteiger partial charge < -0.3 is 4.90 Å². The molecule has 106 valence electrons. The third-order valence-electron chi connectivity index (χ3n) is 3.48. The molecule has 0 atom stereocenters. The number of aryl methyl sites for hydroxylation is 1. The average molecular weight is 261 g/mol. The second-order valence-electron chi connectivity index (χ2n) is 4.94. The van der Waals surface area contributed by atoms with Gasteiger partial charge in [-0.15, -0.1) is 0 Å². The van der Waals surface area contributed by atoms with Crippen molar-refractivity contribution in [1.82, 2.24) is 4.90 Å². The molecule has 1 aliphatic rings. The molecule has 2 rings (SSSR count). The number of hydrogen-bond acceptors (Lipinski definition) is 2. The summed E-state index contributed by atoms with van der Waals surface area (Å²) >= 11 is 0. The molecule has 1 aromatic rings. The Hall–Kier alpha value is -1.15. The number of ketones is 1. The van der Waals surface area contributed by atoms with E-state index in [0.717, 1.165) is 12.1 Å². The summed E-state index contributed by atoms with van der Waals surface area (Å²) in [5.41, 5.74) is 2.06. The summed E-state index contributed by atoms with van der Waals surface area (Å²) in [6, 6.07) is 7.89. The van der Waals surface area contributed by atoms with Gasteiger partial charge in [0, 0.05) is 18.5 Å². The lowest BCUT2D eigenvalue weighted by Crippen LogP contribution is -2.31. The zero-order valence-corrected chi connectivity index (χ0v) is 12.6. The first-order valence-electron chi connectivity index (χ1n) is 7.58. The van der Waals surface area contributed by atoms with E-state index in [1.54, 1.807) is 0 Å². The number of likely N-dealkylation sites (tertiary alicyclic amines) is 1. The van der Waals surface area contributed by atoms with Gasteiger partial charge in [0.1, 0.15) is 0 Å². The van der Waals surface area contributed by atoms with Crippen molar-refractivity contribution in [1.29, 1.82) is 0 Å². The van der Waals surface area contributed by atoms with Gasteiger partial charge in [0.2, 0.25) is 0 Å². The normalized spacial score (nSPS) is 15.5. The number of rotatable bonds is 4. The van der Waals surface area contributed by atoms with Crippen LogP contribution in [-0.4, -0.2) is 30.3 Å². The molecule has 0 unspecified atom stereocenters. The van der Waals surface area contributed by atoms with Crippen molar-refractivity contribution in [3.05, 3.63) is 35.4 Å². The summed E-state index contributed by atoms with van der Waals surface area (Å²) in [5.74, 6) is 0.274. The van der Waals surface area contributed by atoms with Gasteiger partial charge in [-0.25, -0.2) is 0 Å². The van der Waals surface area contributed by atoms with Crippen molar-refractivity contribution in [3.63, 3.8) is 0 Å². The molecule has 2 heteroatoms. The Bertz CT molecular complexity index is 363. The third-order valence-corrected chi connectivity index (χ3v) is 3.48. The third kappa shape index (κ3) is 5.56. The Morgan fingerprint density at radius 2 is 1.63 bits per heavy atom. The van der Waals surface area contributed by atoms with Crippen LogP contribution in [0.25, 0.3) is 0 Å². The molecule has 1 aromatic carbocycles. The number of nitrogens with zero attached hydrogens (tertiary/aromatic N) is 1. The van der Waals surface area contributed by atoms with Gasteiger partial charge in [-0.05, 0) is 32.9 Å². The van der Waals surface area contributed by atoms with Crippen molar-refractivity contribution in [3.8, 4) is 0 Å². The quantitative estimate of drug-likeness (QED) is 0.761. The van der Waals surface area contributed by atoms with Crippen LogP contribution in [0.5, 0.6) is 0 Å². The Balaban J connectivity index is 0.000000861. The summed E-state index contributed by atoms with van der Waals surface area (Å²) in [6.07, 6.45) is 4.59. The maximum absolute atomic E-state index is 12.0. The standard InChI is InChI=1S/C15H21NO.C2H6/c1-13-5-7-14(8-6-13)15(17)9-12-16-10-3-2-4-11-16;1-2/h5-8H,2-4,9-12H2,1H3;1-2H3. The first kappa shape index (κ1) is 15.9. The smallest absolute Gasteiger partial charge is 0.164 e. The highest BCUT2D eigenvalue weighted by Crippen LogP contribution is 2.11. The van der Waals surface area contributed by atoms with Gasteiger partial charge >= 0.3 is 0 Å². The minimum Gasteiger partial charge on any atom is -0.303 e. The first-order valence-corrected chi connectivity index (χ1v) is 7.58. The Morgan fingerprint density at radius 1 is 1.05 bits per heavy atom. The Morgan fingerprint density at radius 3 is 2.21 bits per heavy atom. The molecule has 1 aliphatic heterocycles. The number of hydrogen-bond donors (Lipinski definition) is 0. The van der Waals surface area contributed by atoms with Gasteiger partial charge in [-0.2, -0.15) is 0 Å². The Labute approximate surface area is 117 Å². The fourth-order valence-electron chi connectivity index (χ4n) is 2.33. The molecule has 0 amide bonds. The highest BCUT2D eigenvalue weighted by Gasteiger charge is 2.12. The van der Waals surface area contributed by atoms with Crippen LogP contribution >= 0.6 is 0 Å². The van der Waals surface area contributed by atoms with Crippen molar-refractivity contribution in [2.75, 3.05) is 19.6 Å². The van der Waals surface area contributed by atoms with E-state index in [1.807, 2.05) is 45.0 Å². The monoisotopic (exact) mass is 261 g/mol. The van der Waals surface area contributed by atoms with E-state index in [4.69, 9.17) is 0 Å². The second kappa shape index (κ2) is 8.87. The number of carbonyl (C=O) groups is 1. The molecule has 2 nitrogen and oxygen atoms in total. The molecule has 19 heavy (non-hydrogen) atoms. The van der Waals surface area contributed by atoms with Crippen LogP contribution in [0.4, 0.5) is 0 Å². The molecule has 0 bridgehead atoms. The summed E-state index contributed by atoms with van der Waals surface area (Å²) in [6.45, 7) is 9.30. The number of Topliss-reactive ketones (excluding diaryl/α,β-unsaturated/α-hetero) is 1. The van der Waals surface area contributed by atoms with Gasteiger partial charge in [0.15, 0.2) is 5.78 Å². The van der Waals surface area contributed by atoms with Gasteiger partial charge in [-0.3, -0.25) is 4.79 Å². The summed E-state index contributed by atoms with van der Waals surface area (Å²) < 4.78 is 0. The van der Waals surface area contributed by atoms with Crippen LogP contribution in [0.1, 0.15) is 55.5 Å². The predicted molar refractivity (Wildman–Crippen MR) is 81.8 cm³/mol. The number of benzene rings is 1. The van der Waals surface area contributed by atoms with Crippen LogP contribution in [0, 0.1) is 6.92 Å². The zero-order chi connectivity index (χ0) is 14.1. The lowest BCUT2D eigenvalue weighted by Gasteiger charge is -2.25. The largest absolute Gasteiger partial charge is 0.303 e. The van der Waals surface area contributed by atoms with Crippen molar-refractivity contribution in [2.24, 2.45) is 0 Å². The van der Waals surface area contributed by atoms with Crippen LogP contribution in [0.3, 0.4) is 0 Å². The number of carbonyl (C=O) groups excluding carboxylic acids is 1. The van der Waals surface area contributed by atoms with Crippen LogP contribution in [0.15, 0.2) is 24.3 Å². The molecule has 0 aliphatic carbocycles. The van der Waals surface area contributed by atoms with E-state index in [0.29, 0.717) is 6.42 Å². The molecule has 0 spiro atoms. The maximum Gasteiger partial charge on any atom is 0.164 e. The minimum absolute atomic E-state index is 0.274. The molecular formula is C17H27NO.